The summed E-state index contributed by atoms with van der Waals surface area (Å²) in [6.07, 6.45) is 0. The summed E-state index contributed by atoms with van der Waals surface area (Å²) < 4.78 is 8.85. The Bertz CT molecular complexity index is 2840. The van der Waals surface area contributed by atoms with Crippen molar-refractivity contribution < 1.29 is 4.42 Å². The Kier molecular flexibility index (Phi) is 7.33. The number of nitrogens with zero attached hydrogens (tertiary/aromatic N) is 2. The molecule has 3 nitrogen and oxygen atoms in total. The number of para-hydroxylation sites is 3. The molecule has 246 valence electrons. The summed E-state index contributed by atoms with van der Waals surface area (Å²) in [5.74, 6) is 0. The van der Waals surface area contributed by atoms with Gasteiger partial charge in [-0.25, -0.2) is 0 Å². The lowest BCUT2D eigenvalue weighted by Crippen LogP contribution is -2.10. The Morgan fingerprint density at radius 1 is 0.365 bits per heavy atom. The average Bonchev–Trinajstić information content (AvgIpc) is 3.79. The highest BCUT2D eigenvalue weighted by Crippen LogP contribution is 2.49. The van der Waals surface area contributed by atoms with Gasteiger partial charge in [-0.2, -0.15) is 0 Å². The summed E-state index contributed by atoms with van der Waals surface area (Å²) in [5, 5.41) is 4.71. The van der Waals surface area contributed by atoms with E-state index in [9.17, 15) is 0 Å². The van der Waals surface area contributed by atoms with E-state index in [1.165, 1.54) is 31.3 Å². The van der Waals surface area contributed by atoms with Crippen molar-refractivity contribution in [2.75, 3.05) is 9.80 Å². The Morgan fingerprint density at radius 3 is 1.65 bits per heavy atom. The maximum Gasteiger partial charge on any atom is 0.137 e. The first-order chi connectivity index (χ1) is 25.8. The zero-order valence-electron chi connectivity index (χ0n) is 28.2. The van der Waals surface area contributed by atoms with E-state index in [0.717, 1.165) is 56.1 Å². The number of fused-ring (bicyclic) bond motifs is 6. The molecule has 10 rings (SSSR count). The van der Waals surface area contributed by atoms with E-state index in [1.54, 1.807) is 0 Å². The van der Waals surface area contributed by atoms with Crippen LogP contribution in [0.25, 0.3) is 53.2 Å². The second-order valence-corrected chi connectivity index (χ2v) is 14.0. The number of thiophene rings is 1. The van der Waals surface area contributed by atoms with Gasteiger partial charge in [0.15, 0.2) is 0 Å². The van der Waals surface area contributed by atoms with Crippen LogP contribution in [0.5, 0.6) is 0 Å². The van der Waals surface area contributed by atoms with E-state index in [4.69, 9.17) is 4.42 Å². The predicted molar refractivity (Wildman–Crippen MR) is 221 cm³/mol. The fourth-order valence-electron chi connectivity index (χ4n) is 7.47. The number of anilines is 6. The second kappa shape index (κ2) is 12.6. The third-order valence-electron chi connectivity index (χ3n) is 9.84. The van der Waals surface area contributed by atoms with Gasteiger partial charge in [-0.05, 0) is 83.9 Å². The van der Waals surface area contributed by atoms with Crippen LogP contribution in [-0.2, 0) is 0 Å². The molecule has 0 saturated heterocycles. The topological polar surface area (TPSA) is 19.6 Å². The van der Waals surface area contributed by atoms with Crippen molar-refractivity contribution in [3.63, 3.8) is 0 Å². The molecule has 0 aliphatic heterocycles. The summed E-state index contributed by atoms with van der Waals surface area (Å²) in [6, 6.07) is 69.0. The highest BCUT2D eigenvalue weighted by molar-refractivity contribution is 7.26. The Labute approximate surface area is 305 Å². The van der Waals surface area contributed by atoms with E-state index in [1.807, 2.05) is 23.5 Å². The molecule has 0 spiro atoms. The average molecular weight is 685 g/mol. The fraction of sp³-hybridized carbons (Fsp3) is 0. The molecule has 0 fully saturated rings. The predicted octanol–water partition coefficient (Wildman–Crippen LogP) is 14.6. The number of hydrogen-bond donors (Lipinski definition) is 0. The number of rotatable bonds is 7. The number of hydrogen-bond acceptors (Lipinski definition) is 4. The van der Waals surface area contributed by atoms with Crippen LogP contribution in [0, 0.1) is 0 Å². The Hall–Kier alpha value is -6.62. The molecule has 4 heteroatoms. The van der Waals surface area contributed by atoms with Gasteiger partial charge in [-0.1, -0.05) is 115 Å². The zero-order valence-corrected chi connectivity index (χ0v) is 29.0. The molecule has 0 amide bonds. The maximum absolute atomic E-state index is 6.38. The van der Waals surface area contributed by atoms with E-state index < -0.39 is 0 Å². The monoisotopic (exact) mass is 684 g/mol. The first-order valence-corrected chi connectivity index (χ1v) is 18.3. The van der Waals surface area contributed by atoms with Crippen molar-refractivity contribution in [2.45, 2.75) is 0 Å². The van der Waals surface area contributed by atoms with Crippen LogP contribution in [0.15, 0.2) is 199 Å². The minimum atomic E-state index is 0.877. The minimum absolute atomic E-state index is 0.877. The number of benzene rings is 8. The summed E-state index contributed by atoms with van der Waals surface area (Å²) in [5.41, 5.74) is 10.8. The highest BCUT2D eigenvalue weighted by atomic mass is 32.1. The van der Waals surface area contributed by atoms with Crippen LogP contribution in [-0.4, -0.2) is 0 Å². The Morgan fingerprint density at radius 2 is 0.904 bits per heavy atom. The van der Waals surface area contributed by atoms with E-state index in [0.29, 0.717) is 0 Å². The lowest BCUT2D eigenvalue weighted by molar-refractivity contribution is 0.669. The van der Waals surface area contributed by atoms with Crippen LogP contribution in [0.4, 0.5) is 34.1 Å². The molecule has 0 saturated carbocycles. The van der Waals surface area contributed by atoms with Crippen LogP contribution >= 0.6 is 11.3 Å². The smallest absolute Gasteiger partial charge is 0.137 e. The van der Waals surface area contributed by atoms with Gasteiger partial charge in [0.2, 0.25) is 0 Å². The van der Waals surface area contributed by atoms with E-state index in [-0.39, 0.29) is 0 Å². The molecule has 2 heterocycles. The fourth-order valence-corrected chi connectivity index (χ4v) is 8.70. The molecule has 8 aromatic carbocycles. The zero-order chi connectivity index (χ0) is 34.4. The van der Waals surface area contributed by atoms with Gasteiger partial charge < -0.3 is 14.2 Å². The second-order valence-electron chi connectivity index (χ2n) is 12.9. The third-order valence-corrected chi connectivity index (χ3v) is 11.0. The lowest BCUT2D eigenvalue weighted by Gasteiger charge is -2.27. The van der Waals surface area contributed by atoms with Crippen molar-refractivity contribution in [1.29, 1.82) is 0 Å². The quantitative estimate of drug-likeness (QED) is 0.167. The molecule has 52 heavy (non-hydrogen) atoms. The molecule has 10 aromatic rings. The van der Waals surface area contributed by atoms with Gasteiger partial charge in [0.05, 0.1) is 16.1 Å². The van der Waals surface area contributed by atoms with Crippen LogP contribution in [0.2, 0.25) is 0 Å². The number of furan rings is 1. The molecule has 0 aliphatic carbocycles. The highest BCUT2D eigenvalue weighted by Gasteiger charge is 2.23. The van der Waals surface area contributed by atoms with E-state index >= 15 is 0 Å². The molecule has 0 bridgehead atoms. The molecular weight excluding hydrogens is 653 g/mol. The standard InChI is InChI=1S/C48H32N2OS/c1-4-14-33(15-5-1)34-26-28-37(29-27-34)49(35-16-6-2-7-17-35)42-22-13-25-46-47(42)41-21-12-23-43(48(41)52-46)50(36-18-8-3-9-19-36)38-30-31-40-39-20-10-11-24-44(39)51-45(40)32-38/h1-32H. The van der Waals surface area contributed by atoms with Gasteiger partial charge in [0.1, 0.15) is 11.2 Å². The SMILES string of the molecule is c1ccc(-c2ccc(N(c3ccccc3)c3cccc4sc5c(N(c6ccccc6)c6ccc7c(c6)oc6ccccc67)cccc5c34)cc2)cc1. The molecule has 2 aromatic heterocycles. The van der Waals surface area contributed by atoms with E-state index in [2.05, 4.69) is 192 Å². The first kappa shape index (κ1) is 30.2. The van der Waals surface area contributed by atoms with Gasteiger partial charge in [-0.3, -0.25) is 0 Å². The molecule has 0 atom stereocenters. The summed E-state index contributed by atoms with van der Waals surface area (Å²) in [4.78, 5) is 4.75. The largest absolute Gasteiger partial charge is 0.456 e. The van der Waals surface area contributed by atoms with Gasteiger partial charge >= 0.3 is 0 Å². The van der Waals surface area contributed by atoms with Crippen molar-refractivity contribution >= 4 is 87.6 Å². The van der Waals surface area contributed by atoms with Crippen molar-refractivity contribution in [3.05, 3.63) is 194 Å². The third kappa shape index (κ3) is 5.12. The van der Waals surface area contributed by atoms with Gasteiger partial charge in [-0.15, -0.1) is 11.3 Å². The Balaban J connectivity index is 1.16. The lowest BCUT2D eigenvalue weighted by atomic mass is 10.0. The van der Waals surface area contributed by atoms with Gasteiger partial charge in [0.25, 0.3) is 0 Å². The van der Waals surface area contributed by atoms with Crippen molar-refractivity contribution in [3.8, 4) is 11.1 Å². The molecule has 0 aliphatic rings. The molecular formula is C48H32N2OS. The molecule has 0 radical (unpaired) electrons. The minimum Gasteiger partial charge on any atom is -0.456 e. The first-order valence-electron chi connectivity index (χ1n) is 17.5. The summed E-state index contributed by atoms with van der Waals surface area (Å²) >= 11 is 1.84. The summed E-state index contributed by atoms with van der Waals surface area (Å²) in [7, 11) is 0. The molecule has 0 N–H and O–H groups in total. The van der Waals surface area contributed by atoms with Crippen LogP contribution < -0.4 is 9.80 Å². The summed E-state index contributed by atoms with van der Waals surface area (Å²) in [6.45, 7) is 0. The van der Waals surface area contributed by atoms with Gasteiger partial charge in [0, 0.05) is 55.1 Å². The molecule has 0 unspecified atom stereocenters. The van der Waals surface area contributed by atoms with Crippen molar-refractivity contribution in [2.24, 2.45) is 0 Å². The maximum atomic E-state index is 6.38. The van der Waals surface area contributed by atoms with Crippen molar-refractivity contribution in [1.82, 2.24) is 0 Å². The van der Waals surface area contributed by atoms with Crippen LogP contribution in [0.3, 0.4) is 0 Å². The van der Waals surface area contributed by atoms with Crippen LogP contribution in [0.1, 0.15) is 0 Å². The normalized spacial score (nSPS) is 11.5.